The Morgan fingerprint density at radius 2 is 1.45 bits per heavy atom. The Kier molecular flexibility index (Phi) is 10.2. The zero-order valence-corrected chi connectivity index (χ0v) is 23.0. The molecule has 0 aromatic heterocycles. The van der Waals surface area contributed by atoms with Crippen molar-refractivity contribution in [3.8, 4) is 5.75 Å². The smallest absolute Gasteiger partial charge is 0.231 e. The first-order chi connectivity index (χ1) is 18.5. The molecule has 1 aliphatic heterocycles. The number of nitrogens with zero attached hydrogens (tertiary/aromatic N) is 2. The van der Waals surface area contributed by atoms with Crippen molar-refractivity contribution in [1.29, 1.82) is 0 Å². The van der Waals surface area contributed by atoms with Crippen molar-refractivity contribution >= 4 is 29.1 Å². The molecular formula is C32H37ClN2O3. The van der Waals surface area contributed by atoms with Gasteiger partial charge in [-0.3, -0.25) is 9.59 Å². The van der Waals surface area contributed by atoms with Crippen LogP contribution in [0.25, 0.3) is 0 Å². The van der Waals surface area contributed by atoms with Crippen LogP contribution in [0.1, 0.15) is 55.2 Å². The molecule has 3 aromatic rings. The van der Waals surface area contributed by atoms with Gasteiger partial charge in [0.1, 0.15) is 5.75 Å². The highest BCUT2D eigenvalue weighted by Gasteiger charge is 2.22. The number of carbonyl (C=O) groups excluding carboxylic acids is 2. The third kappa shape index (κ3) is 7.84. The van der Waals surface area contributed by atoms with E-state index in [4.69, 9.17) is 16.3 Å². The van der Waals surface area contributed by atoms with Crippen LogP contribution < -0.4 is 9.64 Å². The second-order valence-electron chi connectivity index (χ2n) is 9.94. The topological polar surface area (TPSA) is 49.9 Å². The second kappa shape index (κ2) is 14.0. The quantitative estimate of drug-likeness (QED) is 0.361. The van der Waals surface area contributed by atoms with Crippen molar-refractivity contribution in [3.63, 3.8) is 0 Å². The maximum Gasteiger partial charge on any atom is 0.231 e. The van der Waals surface area contributed by atoms with E-state index in [1.807, 2.05) is 82.6 Å². The Balaban J connectivity index is 1.59. The first-order valence-electron chi connectivity index (χ1n) is 13.6. The number of hydrogen-bond donors (Lipinski definition) is 0. The number of rotatable bonds is 5. The van der Waals surface area contributed by atoms with Crippen molar-refractivity contribution in [3.05, 3.63) is 94.5 Å². The molecule has 0 radical (unpaired) electrons. The molecule has 4 rings (SSSR count). The third-order valence-corrected chi connectivity index (χ3v) is 7.37. The number of ether oxygens (including phenoxy) is 1. The van der Waals surface area contributed by atoms with E-state index in [1.54, 1.807) is 7.11 Å². The molecule has 0 spiro atoms. The summed E-state index contributed by atoms with van der Waals surface area (Å²) in [5.41, 5.74) is 3.76. The van der Waals surface area contributed by atoms with Gasteiger partial charge < -0.3 is 14.5 Å². The molecule has 5 nitrogen and oxygen atoms in total. The lowest BCUT2D eigenvalue weighted by Gasteiger charge is -2.29. The standard InChI is InChI=1S/C32H37ClN2O3/c1-38-29-13-10-11-26(21-29)23-32(37)35-20-9-5-3-2-4-8-19-34(24-27-12-6-7-14-30(27)35)31(36)22-25-15-17-28(33)18-16-25/h6-7,10-18,21H,2-5,8-9,19-20,22-24H2,1H3. The minimum Gasteiger partial charge on any atom is -0.497 e. The molecule has 38 heavy (non-hydrogen) atoms. The van der Waals surface area contributed by atoms with Gasteiger partial charge >= 0.3 is 0 Å². The number of para-hydroxylation sites is 1. The van der Waals surface area contributed by atoms with Crippen LogP contribution >= 0.6 is 11.6 Å². The number of methoxy groups -OCH3 is 1. The van der Waals surface area contributed by atoms with E-state index in [0.717, 1.165) is 66.7 Å². The molecule has 200 valence electrons. The summed E-state index contributed by atoms with van der Waals surface area (Å²) in [5, 5.41) is 0.663. The number of carbonyl (C=O) groups is 2. The zero-order chi connectivity index (χ0) is 26.7. The summed E-state index contributed by atoms with van der Waals surface area (Å²) in [7, 11) is 1.63. The molecule has 0 unspecified atom stereocenters. The van der Waals surface area contributed by atoms with Crippen molar-refractivity contribution in [1.82, 2.24) is 4.90 Å². The van der Waals surface area contributed by atoms with Gasteiger partial charge in [-0.15, -0.1) is 0 Å². The first-order valence-corrected chi connectivity index (χ1v) is 13.9. The van der Waals surface area contributed by atoms with Crippen molar-refractivity contribution in [2.45, 2.75) is 57.9 Å². The van der Waals surface area contributed by atoms with Crippen LogP contribution in [-0.2, 0) is 29.0 Å². The summed E-state index contributed by atoms with van der Waals surface area (Å²) in [4.78, 5) is 31.0. The predicted octanol–water partition coefficient (Wildman–Crippen LogP) is 6.85. The average Bonchev–Trinajstić information content (AvgIpc) is 2.94. The fraction of sp³-hybridized carbons (Fsp3) is 0.375. The Morgan fingerprint density at radius 3 is 2.21 bits per heavy atom. The minimum absolute atomic E-state index is 0.0552. The summed E-state index contributed by atoms with van der Waals surface area (Å²) in [6.07, 6.45) is 7.03. The fourth-order valence-corrected chi connectivity index (χ4v) is 5.13. The Hall–Kier alpha value is -3.31. The number of amides is 2. The maximum atomic E-state index is 13.7. The lowest BCUT2D eigenvalue weighted by Crippen LogP contribution is -2.36. The van der Waals surface area contributed by atoms with E-state index in [9.17, 15) is 9.59 Å². The summed E-state index contributed by atoms with van der Waals surface area (Å²) >= 11 is 6.04. The summed E-state index contributed by atoms with van der Waals surface area (Å²) in [5.74, 6) is 0.890. The average molecular weight is 533 g/mol. The van der Waals surface area contributed by atoms with Crippen LogP contribution in [-0.4, -0.2) is 36.9 Å². The second-order valence-corrected chi connectivity index (χ2v) is 10.4. The molecule has 0 aliphatic carbocycles. The van der Waals surface area contributed by atoms with E-state index in [1.165, 1.54) is 0 Å². The molecule has 0 saturated heterocycles. The van der Waals surface area contributed by atoms with Crippen LogP contribution in [0.4, 0.5) is 5.69 Å². The van der Waals surface area contributed by atoms with Crippen LogP contribution in [0.3, 0.4) is 0 Å². The van der Waals surface area contributed by atoms with Crippen LogP contribution in [0, 0.1) is 0 Å². The van der Waals surface area contributed by atoms with Gasteiger partial charge in [0.25, 0.3) is 0 Å². The van der Waals surface area contributed by atoms with Gasteiger partial charge in [-0.05, 0) is 59.9 Å². The number of hydrogen-bond acceptors (Lipinski definition) is 3. The van der Waals surface area contributed by atoms with E-state index in [-0.39, 0.29) is 11.8 Å². The van der Waals surface area contributed by atoms with Crippen LogP contribution in [0.15, 0.2) is 72.8 Å². The largest absolute Gasteiger partial charge is 0.497 e. The lowest BCUT2D eigenvalue weighted by molar-refractivity contribution is -0.131. The fourth-order valence-electron chi connectivity index (χ4n) is 5.01. The third-order valence-electron chi connectivity index (χ3n) is 7.12. The normalized spacial score (nSPS) is 15.0. The van der Waals surface area contributed by atoms with Crippen molar-refractivity contribution in [2.75, 3.05) is 25.1 Å². The molecule has 6 heteroatoms. The van der Waals surface area contributed by atoms with E-state index >= 15 is 0 Å². The summed E-state index contributed by atoms with van der Waals surface area (Å²) in [6.45, 7) is 1.85. The van der Waals surface area contributed by atoms with Gasteiger partial charge in [0.15, 0.2) is 0 Å². The van der Waals surface area contributed by atoms with Crippen LogP contribution in [0.2, 0.25) is 5.02 Å². The molecule has 0 saturated carbocycles. The molecule has 3 aromatic carbocycles. The maximum absolute atomic E-state index is 13.7. The van der Waals surface area contributed by atoms with Gasteiger partial charge in [-0.2, -0.15) is 0 Å². The first kappa shape index (κ1) is 27.7. The van der Waals surface area contributed by atoms with Crippen LogP contribution in [0.5, 0.6) is 5.75 Å². The van der Waals surface area contributed by atoms with Crippen molar-refractivity contribution in [2.24, 2.45) is 0 Å². The molecule has 0 bridgehead atoms. The van der Waals surface area contributed by atoms with E-state index in [2.05, 4.69) is 0 Å². The van der Waals surface area contributed by atoms with E-state index in [0.29, 0.717) is 37.5 Å². The highest BCUT2D eigenvalue weighted by molar-refractivity contribution is 6.30. The van der Waals surface area contributed by atoms with E-state index < -0.39 is 0 Å². The highest BCUT2D eigenvalue weighted by Crippen LogP contribution is 2.26. The Morgan fingerprint density at radius 1 is 0.763 bits per heavy atom. The highest BCUT2D eigenvalue weighted by atomic mass is 35.5. The van der Waals surface area contributed by atoms with Gasteiger partial charge in [-0.1, -0.05) is 79.7 Å². The predicted molar refractivity (Wildman–Crippen MR) is 154 cm³/mol. The number of fused-ring (bicyclic) bond motifs is 1. The lowest BCUT2D eigenvalue weighted by atomic mass is 10.1. The zero-order valence-electron chi connectivity index (χ0n) is 22.2. The molecular weight excluding hydrogens is 496 g/mol. The van der Waals surface area contributed by atoms with Gasteiger partial charge in [0.2, 0.25) is 11.8 Å². The molecule has 0 N–H and O–H groups in total. The molecule has 2 amide bonds. The monoisotopic (exact) mass is 532 g/mol. The minimum atomic E-state index is 0.0552. The van der Waals surface area contributed by atoms with Gasteiger partial charge in [0.05, 0.1) is 20.0 Å². The molecule has 0 fully saturated rings. The summed E-state index contributed by atoms with van der Waals surface area (Å²) < 4.78 is 5.36. The van der Waals surface area contributed by atoms with Crippen molar-refractivity contribution < 1.29 is 14.3 Å². The molecule has 1 heterocycles. The molecule has 1 aliphatic rings. The van der Waals surface area contributed by atoms with Gasteiger partial charge in [0, 0.05) is 30.3 Å². The summed E-state index contributed by atoms with van der Waals surface area (Å²) in [6, 6.07) is 23.2. The number of benzene rings is 3. The Bertz CT molecular complexity index is 1210. The van der Waals surface area contributed by atoms with Gasteiger partial charge in [-0.25, -0.2) is 0 Å². The number of anilines is 1. The molecule has 0 atom stereocenters. The number of halogens is 1. The SMILES string of the molecule is COc1cccc(CC(=O)N2CCCCCCCCN(C(=O)Cc3ccc(Cl)cc3)Cc3ccccc32)c1. The Labute approximate surface area is 231 Å².